The Morgan fingerprint density at radius 2 is 2.15 bits per heavy atom. The molecular formula is C20H23ClN2O3S. The summed E-state index contributed by atoms with van der Waals surface area (Å²) in [6, 6.07) is 9.24. The number of thiophene rings is 1. The average Bonchev–Trinajstić information content (AvgIpc) is 3.13. The van der Waals surface area contributed by atoms with Crippen molar-refractivity contribution in [3.63, 3.8) is 0 Å². The second kappa shape index (κ2) is 9.24. The van der Waals surface area contributed by atoms with Crippen LogP contribution in [0.25, 0.3) is 0 Å². The number of carbonyl (C=O) groups excluding carboxylic acids is 2. The minimum Gasteiger partial charge on any atom is -0.492 e. The van der Waals surface area contributed by atoms with Crippen LogP contribution >= 0.6 is 22.9 Å². The number of benzene rings is 1. The molecule has 3 rings (SSSR count). The summed E-state index contributed by atoms with van der Waals surface area (Å²) in [7, 11) is 1.73. The van der Waals surface area contributed by atoms with Crippen LogP contribution in [0.4, 0.5) is 0 Å². The van der Waals surface area contributed by atoms with Crippen LogP contribution in [0.2, 0.25) is 5.02 Å². The van der Waals surface area contributed by atoms with Gasteiger partial charge in [-0.2, -0.15) is 0 Å². The van der Waals surface area contributed by atoms with Crippen LogP contribution in [-0.4, -0.2) is 48.4 Å². The molecule has 1 aliphatic rings. The molecule has 2 amide bonds. The fourth-order valence-electron chi connectivity index (χ4n) is 3.01. The van der Waals surface area contributed by atoms with Gasteiger partial charge in [-0.25, -0.2) is 0 Å². The number of ether oxygens (including phenoxy) is 1. The van der Waals surface area contributed by atoms with E-state index in [-0.39, 0.29) is 24.7 Å². The summed E-state index contributed by atoms with van der Waals surface area (Å²) in [6.07, 6.45) is 1.38. The zero-order valence-electron chi connectivity index (χ0n) is 15.3. The number of fused-ring (bicyclic) bond motifs is 1. The Balaban J connectivity index is 1.37. The minimum absolute atomic E-state index is 0.0452. The quantitative estimate of drug-likeness (QED) is 0.705. The summed E-state index contributed by atoms with van der Waals surface area (Å²) in [5, 5.41) is 2.69. The molecule has 2 aromatic rings. The van der Waals surface area contributed by atoms with Gasteiger partial charge in [-0.1, -0.05) is 17.7 Å². The normalized spacial score (nSPS) is 13.2. The first kappa shape index (κ1) is 19.7. The predicted molar refractivity (Wildman–Crippen MR) is 107 cm³/mol. The third kappa shape index (κ3) is 5.47. The number of rotatable bonds is 7. The van der Waals surface area contributed by atoms with Crippen molar-refractivity contribution in [2.45, 2.75) is 25.8 Å². The Bertz CT molecular complexity index is 808. The molecule has 5 nitrogen and oxygen atoms in total. The minimum atomic E-state index is -0.0497. The number of carbonyl (C=O) groups is 2. The van der Waals surface area contributed by atoms with Gasteiger partial charge in [0, 0.05) is 42.9 Å². The number of halogens is 1. The fourth-order valence-corrected chi connectivity index (χ4v) is 4.08. The maximum atomic E-state index is 12.4. The van der Waals surface area contributed by atoms with Crippen molar-refractivity contribution in [3.8, 4) is 5.75 Å². The van der Waals surface area contributed by atoms with E-state index in [1.165, 1.54) is 10.4 Å². The molecule has 2 heterocycles. The monoisotopic (exact) mass is 406 g/mol. The van der Waals surface area contributed by atoms with Crippen LogP contribution in [-0.2, 0) is 22.6 Å². The highest BCUT2D eigenvalue weighted by molar-refractivity contribution is 7.10. The van der Waals surface area contributed by atoms with Gasteiger partial charge in [0.05, 0.1) is 6.54 Å². The lowest BCUT2D eigenvalue weighted by molar-refractivity contribution is -0.137. The number of amides is 2. The summed E-state index contributed by atoms with van der Waals surface area (Å²) in [6.45, 7) is 2.24. The maximum Gasteiger partial charge on any atom is 0.223 e. The summed E-state index contributed by atoms with van der Waals surface area (Å²) in [5.41, 5.74) is 1.24. The van der Waals surface area contributed by atoms with E-state index >= 15 is 0 Å². The third-order valence-corrected chi connectivity index (χ3v) is 5.89. The van der Waals surface area contributed by atoms with Gasteiger partial charge in [0.1, 0.15) is 12.4 Å². The van der Waals surface area contributed by atoms with Crippen LogP contribution in [0.3, 0.4) is 0 Å². The molecule has 144 valence electrons. The molecule has 1 aliphatic heterocycles. The molecule has 1 aromatic carbocycles. The van der Waals surface area contributed by atoms with Gasteiger partial charge in [-0.3, -0.25) is 9.59 Å². The zero-order chi connectivity index (χ0) is 19.2. The molecule has 0 N–H and O–H groups in total. The van der Waals surface area contributed by atoms with Gasteiger partial charge >= 0.3 is 0 Å². The van der Waals surface area contributed by atoms with E-state index in [0.717, 1.165) is 13.0 Å². The van der Waals surface area contributed by atoms with Crippen molar-refractivity contribution in [1.29, 1.82) is 0 Å². The second-order valence-electron chi connectivity index (χ2n) is 6.56. The van der Waals surface area contributed by atoms with Crippen LogP contribution in [0.5, 0.6) is 5.75 Å². The Hall–Kier alpha value is -2.05. The zero-order valence-corrected chi connectivity index (χ0v) is 16.9. The highest BCUT2D eigenvalue weighted by atomic mass is 35.5. The molecule has 0 radical (unpaired) electrons. The first-order valence-electron chi connectivity index (χ1n) is 8.98. The van der Waals surface area contributed by atoms with Crippen molar-refractivity contribution in [3.05, 3.63) is 51.2 Å². The Kier molecular flexibility index (Phi) is 6.74. The Morgan fingerprint density at radius 3 is 2.96 bits per heavy atom. The summed E-state index contributed by atoms with van der Waals surface area (Å²) in [5.74, 6) is 0.673. The first-order valence-corrected chi connectivity index (χ1v) is 10.2. The van der Waals surface area contributed by atoms with Crippen LogP contribution < -0.4 is 4.74 Å². The highest BCUT2D eigenvalue weighted by Crippen LogP contribution is 2.24. The van der Waals surface area contributed by atoms with E-state index < -0.39 is 0 Å². The number of hydrogen-bond donors (Lipinski definition) is 0. The van der Waals surface area contributed by atoms with Crippen molar-refractivity contribution in [2.75, 3.05) is 26.7 Å². The van der Waals surface area contributed by atoms with Crippen LogP contribution in [0.15, 0.2) is 35.7 Å². The van der Waals surface area contributed by atoms with Crippen LogP contribution in [0, 0.1) is 0 Å². The Morgan fingerprint density at radius 1 is 1.30 bits per heavy atom. The molecular weight excluding hydrogens is 384 g/mol. The van der Waals surface area contributed by atoms with Gasteiger partial charge in [0.15, 0.2) is 0 Å². The molecule has 7 heteroatoms. The molecule has 0 unspecified atom stereocenters. The molecule has 0 atom stereocenters. The maximum absolute atomic E-state index is 12.4. The molecule has 0 fully saturated rings. The molecule has 0 aliphatic carbocycles. The topological polar surface area (TPSA) is 49.9 Å². The van der Waals surface area contributed by atoms with Gasteiger partial charge < -0.3 is 14.5 Å². The highest BCUT2D eigenvalue weighted by Gasteiger charge is 2.22. The summed E-state index contributed by atoms with van der Waals surface area (Å²) in [4.78, 5) is 29.5. The van der Waals surface area contributed by atoms with E-state index in [1.807, 2.05) is 17.0 Å². The van der Waals surface area contributed by atoms with Gasteiger partial charge in [0.2, 0.25) is 11.8 Å². The van der Waals surface area contributed by atoms with Gasteiger partial charge in [-0.15, -0.1) is 11.3 Å². The van der Waals surface area contributed by atoms with Crippen molar-refractivity contribution < 1.29 is 14.3 Å². The fraction of sp³-hybridized carbons (Fsp3) is 0.400. The molecule has 0 saturated heterocycles. The molecule has 0 spiro atoms. The molecule has 1 aromatic heterocycles. The van der Waals surface area contributed by atoms with E-state index in [2.05, 4.69) is 11.4 Å². The summed E-state index contributed by atoms with van der Waals surface area (Å²) >= 11 is 7.66. The van der Waals surface area contributed by atoms with Gasteiger partial charge in [-0.05, 0) is 41.6 Å². The predicted octanol–water partition coefficient (Wildman–Crippen LogP) is 3.60. The summed E-state index contributed by atoms with van der Waals surface area (Å²) < 4.78 is 5.60. The SMILES string of the molecule is CN(CCOc1cccc(Cl)c1)C(=O)CCC(=O)N1CCc2sccc2C1. The molecule has 0 bridgehead atoms. The average molecular weight is 407 g/mol. The number of nitrogens with zero attached hydrogens (tertiary/aromatic N) is 2. The smallest absolute Gasteiger partial charge is 0.223 e. The van der Waals surface area contributed by atoms with Gasteiger partial charge in [0.25, 0.3) is 0 Å². The van der Waals surface area contributed by atoms with Crippen LogP contribution in [0.1, 0.15) is 23.3 Å². The van der Waals surface area contributed by atoms with E-state index in [1.54, 1.807) is 35.4 Å². The third-order valence-electron chi connectivity index (χ3n) is 4.63. The van der Waals surface area contributed by atoms with E-state index in [4.69, 9.17) is 16.3 Å². The molecule has 0 saturated carbocycles. The second-order valence-corrected chi connectivity index (χ2v) is 7.99. The largest absolute Gasteiger partial charge is 0.492 e. The standard InChI is InChI=1S/C20H23ClN2O3S/c1-22(10-11-26-17-4-2-3-16(21)13-17)19(24)5-6-20(25)23-9-7-18-15(14-23)8-12-27-18/h2-4,8,12-13H,5-7,9-11,14H2,1H3. The van der Waals surface area contributed by atoms with Crippen molar-refractivity contribution in [2.24, 2.45) is 0 Å². The lowest BCUT2D eigenvalue weighted by Gasteiger charge is -2.27. The van der Waals surface area contributed by atoms with E-state index in [0.29, 0.717) is 30.5 Å². The molecule has 27 heavy (non-hydrogen) atoms. The lowest BCUT2D eigenvalue weighted by atomic mass is 10.1. The lowest BCUT2D eigenvalue weighted by Crippen LogP contribution is -2.36. The first-order chi connectivity index (χ1) is 13.0. The van der Waals surface area contributed by atoms with E-state index in [9.17, 15) is 9.59 Å². The number of hydrogen-bond acceptors (Lipinski definition) is 4. The van der Waals surface area contributed by atoms with Crippen molar-refractivity contribution in [1.82, 2.24) is 9.80 Å². The van der Waals surface area contributed by atoms with Crippen molar-refractivity contribution >= 4 is 34.8 Å². The number of likely N-dealkylation sites (N-methyl/N-ethyl adjacent to an activating group) is 1. The Labute approximate surface area is 168 Å².